The minimum absolute atomic E-state index is 0.168. The maximum Gasteiger partial charge on any atom is 0.147 e. The summed E-state index contributed by atoms with van der Waals surface area (Å²) in [4.78, 5) is 17.7. The van der Waals surface area contributed by atoms with E-state index >= 15 is 0 Å². The van der Waals surface area contributed by atoms with Crippen molar-refractivity contribution in [2.45, 2.75) is 59.7 Å². The number of hydrogen-bond donors (Lipinski definition) is 1. The van der Waals surface area contributed by atoms with Crippen LogP contribution in [0.2, 0.25) is 0 Å². The van der Waals surface area contributed by atoms with E-state index in [0.29, 0.717) is 6.61 Å². The largest absolute Gasteiger partial charge is 0.370 e. The first-order chi connectivity index (χ1) is 14.0. The molecule has 7 heteroatoms. The van der Waals surface area contributed by atoms with Gasteiger partial charge < -0.3 is 15.0 Å². The topological polar surface area (TPSA) is 63.2 Å². The first-order valence-electron chi connectivity index (χ1n) is 10.6. The number of aryl methyl sites for hydroxylation is 1. The van der Waals surface area contributed by atoms with Crippen LogP contribution in [0.5, 0.6) is 0 Å². The SMILES string of the molecule is CCc1nc2sc3c(NCCN(CC)CC)ncnc3c2c2c1COC(C)(C)C2. The van der Waals surface area contributed by atoms with Crippen molar-refractivity contribution < 1.29 is 4.74 Å². The lowest BCUT2D eigenvalue weighted by molar-refractivity contribution is -0.0401. The van der Waals surface area contributed by atoms with E-state index in [9.17, 15) is 0 Å². The number of ether oxygens (including phenoxy) is 1. The normalized spacial score (nSPS) is 15.9. The molecule has 156 valence electrons. The molecule has 0 aromatic carbocycles. The van der Waals surface area contributed by atoms with Gasteiger partial charge in [0.05, 0.1) is 22.4 Å². The third kappa shape index (κ3) is 3.83. The average Bonchev–Trinajstić information content (AvgIpc) is 3.09. The Morgan fingerprint density at radius 3 is 2.69 bits per heavy atom. The van der Waals surface area contributed by atoms with Crippen LogP contribution >= 0.6 is 11.3 Å². The Kier molecular flexibility index (Phi) is 5.73. The van der Waals surface area contributed by atoms with Crippen LogP contribution < -0.4 is 5.32 Å². The molecule has 4 rings (SSSR count). The second-order valence-electron chi connectivity index (χ2n) is 8.23. The van der Waals surface area contributed by atoms with Crippen molar-refractivity contribution in [2.75, 3.05) is 31.5 Å². The number of nitrogens with one attached hydrogen (secondary N) is 1. The Balaban J connectivity index is 1.79. The summed E-state index contributed by atoms with van der Waals surface area (Å²) in [5.41, 5.74) is 4.63. The van der Waals surface area contributed by atoms with Gasteiger partial charge in [-0.25, -0.2) is 15.0 Å². The van der Waals surface area contributed by atoms with E-state index in [2.05, 4.69) is 54.8 Å². The van der Waals surface area contributed by atoms with Crippen molar-refractivity contribution in [1.82, 2.24) is 19.9 Å². The molecule has 0 fully saturated rings. The van der Waals surface area contributed by atoms with Crippen molar-refractivity contribution in [3.8, 4) is 0 Å². The molecular weight excluding hydrogens is 382 g/mol. The molecule has 1 aliphatic heterocycles. The number of thiophene rings is 1. The molecule has 3 aromatic heterocycles. The van der Waals surface area contributed by atoms with E-state index in [-0.39, 0.29) is 5.60 Å². The van der Waals surface area contributed by atoms with Crippen molar-refractivity contribution in [3.63, 3.8) is 0 Å². The average molecular weight is 414 g/mol. The number of anilines is 1. The van der Waals surface area contributed by atoms with E-state index in [4.69, 9.17) is 9.72 Å². The van der Waals surface area contributed by atoms with Crippen molar-refractivity contribution in [2.24, 2.45) is 0 Å². The standard InChI is InChI=1S/C22H31N5OS/c1-6-16-15-12-28-22(4,5)11-14(15)17-18-19(29-21(17)26-16)20(25-13-24-18)23-9-10-27(7-2)8-3/h13H,6-12H2,1-5H3,(H,23,24,25). The summed E-state index contributed by atoms with van der Waals surface area (Å²) >= 11 is 1.71. The Morgan fingerprint density at radius 1 is 1.17 bits per heavy atom. The molecule has 6 nitrogen and oxygen atoms in total. The second kappa shape index (κ2) is 8.13. The predicted molar refractivity (Wildman–Crippen MR) is 121 cm³/mol. The van der Waals surface area contributed by atoms with Crippen LogP contribution in [-0.2, 0) is 24.2 Å². The Bertz CT molecular complexity index is 1030. The first kappa shape index (κ1) is 20.4. The van der Waals surface area contributed by atoms with Crippen LogP contribution in [0.4, 0.5) is 5.82 Å². The lowest BCUT2D eigenvalue weighted by atomic mass is 9.89. The molecule has 0 unspecified atom stereocenters. The molecule has 1 N–H and O–H groups in total. The van der Waals surface area contributed by atoms with E-state index in [0.717, 1.165) is 65.6 Å². The first-order valence-corrected chi connectivity index (χ1v) is 11.5. The van der Waals surface area contributed by atoms with E-state index in [1.54, 1.807) is 17.7 Å². The minimum atomic E-state index is -0.168. The van der Waals surface area contributed by atoms with Crippen LogP contribution in [0.15, 0.2) is 6.33 Å². The van der Waals surface area contributed by atoms with Crippen LogP contribution in [0, 0.1) is 0 Å². The smallest absolute Gasteiger partial charge is 0.147 e. The molecule has 3 aromatic rings. The van der Waals surface area contributed by atoms with Gasteiger partial charge in [0, 0.05) is 36.2 Å². The number of fused-ring (bicyclic) bond motifs is 5. The zero-order valence-corrected chi connectivity index (χ0v) is 18.9. The van der Waals surface area contributed by atoms with E-state index < -0.39 is 0 Å². The van der Waals surface area contributed by atoms with Gasteiger partial charge in [0.25, 0.3) is 0 Å². The second-order valence-corrected chi connectivity index (χ2v) is 9.23. The summed E-state index contributed by atoms with van der Waals surface area (Å²) in [6, 6.07) is 0. The molecule has 0 radical (unpaired) electrons. The molecular formula is C22H31N5OS. The predicted octanol–water partition coefficient (Wildman–Crippen LogP) is 4.41. The van der Waals surface area contributed by atoms with Crippen LogP contribution in [-0.4, -0.2) is 51.6 Å². The van der Waals surface area contributed by atoms with Gasteiger partial charge in [0.2, 0.25) is 0 Å². The summed E-state index contributed by atoms with van der Waals surface area (Å²) in [5, 5.41) is 4.73. The fraction of sp³-hybridized carbons (Fsp3) is 0.591. The fourth-order valence-electron chi connectivity index (χ4n) is 4.16. The Hall–Kier alpha value is -1.83. The molecule has 0 atom stereocenters. The van der Waals surface area contributed by atoms with Gasteiger partial charge in [-0.1, -0.05) is 20.8 Å². The maximum atomic E-state index is 6.11. The van der Waals surface area contributed by atoms with Gasteiger partial charge in [-0.2, -0.15) is 0 Å². The zero-order chi connectivity index (χ0) is 20.6. The number of likely N-dealkylation sites (N-methyl/N-ethyl adjacent to an activating group) is 1. The summed E-state index contributed by atoms with van der Waals surface area (Å²) in [7, 11) is 0. The number of pyridine rings is 1. The summed E-state index contributed by atoms with van der Waals surface area (Å²) < 4.78 is 7.21. The molecule has 0 saturated heterocycles. The van der Waals surface area contributed by atoms with E-state index in [1.807, 2.05) is 0 Å². The maximum absolute atomic E-state index is 6.11. The monoisotopic (exact) mass is 413 g/mol. The highest BCUT2D eigenvalue weighted by molar-refractivity contribution is 7.26. The molecule has 0 bridgehead atoms. The highest BCUT2D eigenvalue weighted by Gasteiger charge is 2.31. The molecule has 4 heterocycles. The third-order valence-electron chi connectivity index (χ3n) is 5.86. The Morgan fingerprint density at radius 2 is 1.97 bits per heavy atom. The number of rotatable bonds is 7. The molecule has 1 aliphatic rings. The molecule has 0 amide bonds. The molecule has 0 aliphatic carbocycles. The van der Waals surface area contributed by atoms with Crippen LogP contribution in [0.25, 0.3) is 20.4 Å². The van der Waals surface area contributed by atoms with Gasteiger partial charge in [0.15, 0.2) is 0 Å². The lowest BCUT2D eigenvalue weighted by Crippen LogP contribution is -2.32. The quantitative estimate of drug-likeness (QED) is 0.619. The summed E-state index contributed by atoms with van der Waals surface area (Å²) in [6.45, 7) is 15.5. The van der Waals surface area contributed by atoms with Gasteiger partial charge in [0.1, 0.15) is 17.0 Å². The number of aromatic nitrogens is 3. The highest BCUT2D eigenvalue weighted by atomic mass is 32.1. The lowest BCUT2D eigenvalue weighted by Gasteiger charge is -2.33. The van der Waals surface area contributed by atoms with Gasteiger partial charge in [-0.05, 0) is 38.9 Å². The molecule has 0 spiro atoms. The van der Waals surface area contributed by atoms with E-state index in [1.165, 1.54) is 16.5 Å². The van der Waals surface area contributed by atoms with Crippen molar-refractivity contribution in [3.05, 3.63) is 23.1 Å². The minimum Gasteiger partial charge on any atom is -0.370 e. The highest BCUT2D eigenvalue weighted by Crippen LogP contribution is 2.42. The zero-order valence-electron chi connectivity index (χ0n) is 18.1. The summed E-state index contributed by atoms with van der Waals surface area (Å²) in [6.07, 6.45) is 3.48. The number of hydrogen-bond acceptors (Lipinski definition) is 7. The number of nitrogens with zero attached hydrogens (tertiary/aromatic N) is 4. The van der Waals surface area contributed by atoms with Crippen LogP contribution in [0.3, 0.4) is 0 Å². The van der Waals surface area contributed by atoms with Gasteiger partial charge >= 0.3 is 0 Å². The molecule has 0 saturated carbocycles. The van der Waals surface area contributed by atoms with Crippen LogP contribution in [0.1, 0.15) is 51.4 Å². The molecule has 29 heavy (non-hydrogen) atoms. The van der Waals surface area contributed by atoms with Gasteiger partial charge in [-0.15, -0.1) is 11.3 Å². The third-order valence-corrected chi connectivity index (χ3v) is 6.94. The fourth-order valence-corrected chi connectivity index (χ4v) is 5.31. The Labute approximate surface area is 176 Å². The van der Waals surface area contributed by atoms with Gasteiger partial charge in [-0.3, -0.25) is 0 Å². The van der Waals surface area contributed by atoms with Crippen molar-refractivity contribution >= 4 is 37.6 Å². The van der Waals surface area contributed by atoms with Crippen molar-refractivity contribution in [1.29, 1.82) is 0 Å². The summed E-state index contributed by atoms with van der Waals surface area (Å²) in [5.74, 6) is 0.920.